The van der Waals surface area contributed by atoms with E-state index in [1.165, 1.54) is 49.4 Å². The molecule has 0 nitrogen and oxygen atoms in total. The second-order valence-corrected chi connectivity index (χ2v) is 5.87. The van der Waals surface area contributed by atoms with E-state index in [-0.39, 0.29) is 0 Å². The van der Waals surface area contributed by atoms with Crippen LogP contribution in [0.4, 0.5) is 0 Å². The molecule has 0 unspecified atom stereocenters. The van der Waals surface area contributed by atoms with Crippen molar-refractivity contribution < 1.29 is 0 Å². The van der Waals surface area contributed by atoms with Gasteiger partial charge in [-0.2, -0.15) is 0 Å². The fraction of sp³-hybridized carbons (Fsp3) is 0.0476. The van der Waals surface area contributed by atoms with Crippen molar-refractivity contribution in [2.24, 2.45) is 0 Å². The molecule has 0 spiro atoms. The zero-order valence-corrected chi connectivity index (χ0v) is 11.9. The molecule has 5 rings (SSSR count). The summed E-state index contributed by atoms with van der Waals surface area (Å²) >= 11 is 0. The molecule has 0 aromatic heterocycles. The van der Waals surface area contributed by atoms with Crippen LogP contribution in [0, 0.1) is 6.92 Å². The SMILES string of the molecule is Cc1ccc2c3c(cc4ccccc42)-c2ccccc2-c13. The zero-order valence-electron chi connectivity index (χ0n) is 11.9. The molecule has 0 heteroatoms. The van der Waals surface area contributed by atoms with Crippen molar-refractivity contribution in [1.29, 1.82) is 0 Å². The average Bonchev–Trinajstić information content (AvgIpc) is 2.86. The molecule has 0 saturated carbocycles. The van der Waals surface area contributed by atoms with Gasteiger partial charge in [0.05, 0.1) is 0 Å². The van der Waals surface area contributed by atoms with Crippen molar-refractivity contribution in [1.82, 2.24) is 0 Å². The Balaban J connectivity index is 2.13. The minimum Gasteiger partial charge on any atom is -0.0616 e. The molecule has 1 aliphatic carbocycles. The van der Waals surface area contributed by atoms with Gasteiger partial charge in [-0.15, -0.1) is 0 Å². The number of rotatable bonds is 0. The Bertz CT molecular complexity index is 1040. The normalized spacial score (nSPS) is 12.0. The molecule has 0 saturated heterocycles. The van der Waals surface area contributed by atoms with E-state index in [0.717, 1.165) is 0 Å². The van der Waals surface area contributed by atoms with Crippen LogP contribution in [0.15, 0.2) is 66.7 Å². The Morgan fingerprint density at radius 3 is 2.29 bits per heavy atom. The maximum absolute atomic E-state index is 2.35. The second kappa shape index (κ2) is 3.73. The van der Waals surface area contributed by atoms with E-state index in [4.69, 9.17) is 0 Å². The molecule has 0 fully saturated rings. The van der Waals surface area contributed by atoms with Gasteiger partial charge in [0.15, 0.2) is 0 Å². The van der Waals surface area contributed by atoms with Crippen molar-refractivity contribution in [3.8, 4) is 22.3 Å². The van der Waals surface area contributed by atoms with Crippen LogP contribution in [0.25, 0.3) is 43.8 Å². The van der Waals surface area contributed by atoms with Crippen molar-refractivity contribution in [3.63, 3.8) is 0 Å². The van der Waals surface area contributed by atoms with Crippen molar-refractivity contribution >= 4 is 21.5 Å². The summed E-state index contributed by atoms with van der Waals surface area (Å²) in [4.78, 5) is 0. The molecule has 0 heterocycles. The largest absolute Gasteiger partial charge is 0.0616 e. The highest BCUT2D eigenvalue weighted by atomic mass is 14.3. The van der Waals surface area contributed by atoms with E-state index < -0.39 is 0 Å². The Hall–Kier alpha value is -2.60. The van der Waals surface area contributed by atoms with E-state index in [2.05, 4.69) is 73.7 Å². The molecule has 4 aromatic rings. The predicted molar refractivity (Wildman–Crippen MR) is 90.6 cm³/mol. The Morgan fingerprint density at radius 1 is 0.619 bits per heavy atom. The lowest BCUT2D eigenvalue weighted by atomic mass is 9.94. The van der Waals surface area contributed by atoms with Crippen LogP contribution in [-0.2, 0) is 0 Å². The molecule has 4 aromatic carbocycles. The van der Waals surface area contributed by atoms with Crippen molar-refractivity contribution in [2.75, 3.05) is 0 Å². The highest BCUT2D eigenvalue weighted by Crippen LogP contribution is 2.50. The van der Waals surface area contributed by atoms with Gasteiger partial charge in [-0.3, -0.25) is 0 Å². The number of hydrogen-bond donors (Lipinski definition) is 0. The molecule has 0 bridgehead atoms. The first-order valence-electron chi connectivity index (χ1n) is 7.39. The molecular weight excluding hydrogens is 252 g/mol. The quantitative estimate of drug-likeness (QED) is 0.304. The van der Waals surface area contributed by atoms with Crippen molar-refractivity contribution in [2.45, 2.75) is 6.92 Å². The second-order valence-electron chi connectivity index (χ2n) is 5.87. The van der Waals surface area contributed by atoms with Crippen LogP contribution in [0.3, 0.4) is 0 Å². The van der Waals surface area contributed by atoms with Crippen LogP contribution < -0.4 is 0 Å². The molecule has 98 valence electrons. The lowest BCUT2D eigenvalue weighted by Gasteiger charge is -2.09. The first-order chi connectivity index (χ1) is 10.3. The van der Waals surface area contributed by atoms with Gasteiger partial charge >= 0.3 is 0 Å². The minimum absolute atomic E-state index is 1.33. The lowest BCUT2D eigenvalue weighted by Crippen LogP contribution is -1.83. The molecule has 0 aliphatic heterocycles. The van der Waals surface area contributed by atoms with Gasteiger partial charge in [0.2, 0.25) is 0 Å². The van der Waals surface area contributed by atoms with Crippen LogP contribution in [-0.4, -0.2) is 0 Å². The van der Waals surface area contributed by atoms with E-state index in [1.807, 2.05) is 0 Å². The molecule has 0 radical (unpaired) electrons. The summed E-state index contributed by atoms with van der Waals surface area (Å²) in [6.45, 7) is 2.22. The van der Waals surface area contributed by atoms with Gasteiger partial charge in [-0.05, 0) is 62.4 Å². The van der Waals surface area contributed by atoms with Gasteiger partial charge in [0.25, 0.3) is 0 Å². The summed E-state index contributed by atoms with van der Waals surface area (Å²) in [5.74, 6) is 0. The number of hydrogen-bond acceptors (Lipinski definition) is 0. The molecule has 0 amide bonds. The van der Waals surface area contributed by atoms with Crippen LogP contribution in [0.2, 0.25) is 0 Å². The first-order valence-corrected chi connectivity index (χ1v) is 7.39. The van der Waals surface area contributed by atoms with E-state index in [1.54, 1.807) is 0 Å². The standard InChI is InChI=1S/C21H14/c1-13-10-11-18-15-7-3-2-6-14(15)12-19-16-8-4-5-9-17(16)20(13)21(18)19/h2-12H,1H3. The first kappa shape index (κ1) is 11.1. The highest BCUT2D eigenvalue weighted by molar-refractivity contribution is 6.23. The van der Waals surface area contributed by atoms with E-state index in [0.29, 0.717) is 0 Å². The van der Waals surface area contributed by atoms with Gasteiger partial charge in [0.1, 0.15) is 0 Å². The van der Waals surface area contributed by atoms with Crippen molar-refractivity contribution in [3.05, 3.63) is 72.3 Å². The van der Waals surface area contributed by atoms with Gasteiger partial charge in [-0.25, -0.2) is 0 Å². The Kier molecular flexibility index (Phi) is 1.97. The van der Waals surface area contributed by atoms with E-state index in [9.17, 15) is 0 Å². The highest BCUT2D eigenvalue weighted by Gasteiger charge is 2.23. The Labute approximate surface area is 123 Å². The maximum atomic E-state index is 2.35. The maximum Gasteiger partial charge on any atom is -0.00173 e. The summed E-state index contributed by atoms with van der Waals surface area (Å²) in [7, 11) is 0. The third kappa shape index (κ3) is 1.30. The molecule has 1 aliphatic rings. The molecule has 21 heavy (non-hydrogen) atoms. The number of fused-ring (bicyclic) bond motifs is 5. The van der Waals surface area contributed by atoms with Crippen LogP contribution in [0.5, 0.6) is 0 Å². The van der Waals surface area contributed by atoms with Gasteiger partial charge in [0, 0.05) is 0 Å². The fourth-order valence-corrected chi connectivity index (χ4v) is 3.80. The zero-order chi connectivity index (χ0) is 14.0. The smallest absolute Gasteiger partial charge is 0.00173 e. The third-order valence-electron chi connectivity index (χ3n) is 4.72. The summed E-state index contributed by atoms with van der Waals surface area (Å²) in [6, 6.07) is 24.4. The van der Waals surface area contributed by atoms with E-state index >= 15 is 0 Å². The van der Waals surface area contributed by atoms with Crippen LogP contribution >= 0.6 is 0 Å². The number of aryl methyl sites for hydroxylation is 1. The number of benzene rings is 4. The molecule has 0 atom stereocenters. The minimum atomic E-state index is 1.33. The lowest BCUT2D eigenvalue weighted by molar-refractivity contribution is 1.51. The molecule has 0 N–H and O–H groups in total. The Morgan fingerprint density at radius 2 is 1.38 bits per heavy atom. The summed E-state index contributed by atoms with van der Waals surface area (Å²) in [5, 5.41) is 5.48. The third-order valence-corrected chi connectivity index (χ3v) is 4.72. The summed E-state index contributed by atoms with van der Waals surface area (Å²) in [6.07, 6.45) is 0. The topological polar surface area (TPSA) is 0 Å². The fourth-order valence-electron chi connectivity index (χ4n) is 3.80. The van der Waals surface area contributed by atoms with Crippen LogP contribution in [0.1, 0.15) is 5.56 Å². The monoisotopic (exact) mass is 266 g/mol. The molecular formula is C21H14. The average molecular weight is 266 g/mol. The predicted octanol–water partition coefficient (Wildman–Crippen LogP) is 5.95. The van der Waals surface area contributed by atoms with Gasteiger partial charge in [-0.1, -0.05) is 60.7 Å². The van der Waals surface area contributed by atoms with Gasteiger partial charge < -0.3 is 0 Å². The summed E-state index contributed by atoms with van der Waals surface area (Å²) < 4.78 is 0. The summed E-state index contributed by atoms with van der Waals surface area (Å²) in [5.41, 5.74) is 6.93.